The number of nitrogen functional groups attached to an aromatic ring is 1. The zero-order valence-electron chi connectivity index (χ0n) is 12.1. The van der Waals surface area contributed by atoms with Crippen LogP contribution in [0.2, 0.25) is 0 Å². The van der Waals surface area contributed by atoms with Crippen LogP contribution in [0.3, 0.4) is 0 Å². The Morgan fingerprint density at radius 1 is 1.29 bits per heavy atom. The van der Waals surface area contributed by atoms with Gasteiger partial charge in [-0.3, -0.25) is 0 Å². The van der Waals surface area contributed by atoms with E-state index in [0.717, 1.165) is 11.3 Å². The van der Waals surface area contributed by atoms with Crippen molar-refractivity contribution in [2.75, 3.05) is 12.0 Å². The molecule has 21 heavy (non-hydrogen) atoms. The van der Waals surface area contributed by atoms with Gasteiger partial charge in [0.05, 0.1) is 5.69 Å². The fourth-order valence-electron chi connectivity index (χ4n) is 2.42. The molecule has 1 heterocycles. The first-order chi connectivity index (χ1) is 10.3. The van der Waals surface area contributed by atoms with Crippen molar-refractivity contribution < 1.29 is 4.74 Å². The molecule has 1 atom stereocenters. The number of anilines is 1. The minimum Gasteiger partial charge on any atom is -0.370 e. The van der Waals surface area contributed by atoms with E-state index in [1.54, 1.807) is 0 Å². The Morgan fingerprint density at radius 2 is 2.05 bits per heavy atom. The van der Waals surface area contributed by atoms with Crippen LogP contribution in [-0.2, 0) is 4.74 Å². The molecule has 0 spiro atoms. The summed E-state index contributed by atoms with van der Waals surface area (Å²) in [5, 5.41) is 0. The molecule has 0 bridgehead atoms. The molecule has 1 fully saturated rings. The van der Waals surface area contributed by atoms with E-state index in [1.807, 2.05) is 43.3 Å². The number of nitrogens with zero attached hydrogens (tertiary/aromatic N) is 2. The standard InChI is InChI=1S/C16H20N4O/c1-2-21-15(12-8-9-12)16-18-13(10-14(19-16)20-17)11-6-4-3-5-7-11/h3-7,10,12,15H,2,8-9,17H2,1H3,(H,18,19,20). The van der Waals surface area contributed by atoms with Gasteiger partial charge in [-0.1, -0.05) is 30.3 Å². The highest BCUT2D eigenvalue weighted by Gasteiger charge is 2.35. The van der Waals surface area contributed by atoms with Gasteiger partial charge in [-0.2, -0.15) is 0 Å². The molecule has 1 aromatic heterocycles. The molecule has 0 aliphatic heterocycles. The van der Waals surface area contributed by atoms with E-state index in [-0.39, 0.29) is 6.10 Å². The molecular formula is C16H20N4O. The van der Waals surface area contributed by atoms with Gasteiger partial charge < -0.3 is 10.2 Å². The maximum absolute atomic E-state index is 5.85. The smallest absolute Gasteiger partial charge is 0.160 e. The molecule has 0 saturated heterocycles. The Kier molecular flexibility index (Phi) is 4.13. The molecule has 1 aliphatic rings. The van der Waals surface area contributed by atoms with E-state index < -0.39 is 0 Å². The first kappa shape index (κ1) is 14.0. The molecule has 1 unspecified atom stereocenters. The predicted molar refractivity (Wildman–Crippen MR) is 82.4 cm³/mol. The van der Waals surface area contributed by atoms with Gasteiger partial charge in [-0.15, -0.1) is 0 Å². The van der Waals surface area contributed by atoms with Gasteiger partial charge in [0.25, 0.3) is 0 Å². The number of aromatic nitrogens is 2. The summed E-state index contributed by atoms with van der Waals surface area (Å²) in [5.41, 5.74) is 4.53. The maximum atomic E-state index is 5.85. The Morgan fingerprint density at radius 3 is 2.67 bits per heavy atom. The predicted octanol–water partition coefficient (Wildman–Crippen LogP) is 2.92. The van der Waals surface area contributed by atoms with Crippen molar-refractivity contribution in [3.8, 4) is 11.3 Å². The fourth-order valence-corrected chi connectivity index (χ4v) is 2.42. The number of ether oxygens (including phenoxy) is 1. The van der Waals surface area contributed by atoms with Crippen molar-refractivity contribution in [1.82, 2.24) is 9.97 Å². The third-order valence-corrected chi connectivity index (χ3v) is 3.61. The number of rotatable bonds is 6. The van der Waals surface area contributed by atoms with E-state index in [4.69, 9.17) is 15.6 Å². The second-order valence-corrected chi connectivity index (χ2v) is 5.22. The molecular weight excluding hydrogens is 264 g/mol. The van der Waals surface area contributed by atoms with Crippen LogP contribution >= 0.6 is 0 Å². The molecule has 1 saturated carbocycles. The summed E-state index contributed by atoms with van der Waals surface area (Å²) in [6, 6.07) is 11.9. The van der Waals surface area contributed by atoms with Gasteiger partial charge in [-0.25, -0.2) is 15.8 Å². The summed E-state index contributed by atoms with van der Waals surface area (Å²) < 4.78 is 5.85. The van der Waals surface area contributed by atoms with Crippen molar-refractivity contribution in [3.63, 3.8) is 0 Å². The third kappa shape index (κ3) is 3.20. The van der Waals surface area contributed by atoms with Gasteiger partial charge >= 0.3 is 0 Å². The third-order valence-electron chi connectivity index (χ3n) is 3.61. The van der Waals surface area contributed by atoms with Crippen molar-refractivity contribution in [3.05, 3.63) is 42.2 Å². The van der Waals surface area contributed by atoms with Gasteiger partial charge in [0.1, 0.15) is 11.9 Å². The van der Waals surface area contributed by atoms with Crippen molar-refractivity contribution >= 4 is 5.82 Å². The zero-order valence-corrected chi connectivity index (χ0v) is 12.1. The largest absolute Gasteiger partial charge is 0.370 e. The highest BCUT2D eigenvalue weighted by molar-refractivity contribution is 5.62. The van der Waals surface area contributed by atoms with Crippen LogP contribution in [0.5, 0.6) is 0 Å². The van der Waals surface area contributed by atoms with Crippen molar-refractivity contribution in [2.24, 2.45) is 11.8 Å². The maximum Gasteiger partial charge on any atom is 0.160 e. The summed E-state index contributed by atoms with van der Waals surface area (Å²) in [4.78, 5) is 9.19. The highest BCUT2D eigenvalue weighted by atomic mass is 16.5. The average Bonchev–Trinajstić information content (AvgIpc) is 3.37. The first-order valence-electron chi connectivity index (χ1n) is 7.34. The molecule has 1 aliphatic carbocycles. The van der Waals surface area contributed by atoms with Gasteiger partial charge in [-0.05, 0) is 25.7 Å². The van der Waals surface area contributed by atoms with Crippen LogP contribution in [-0.4, -0.2) is 16.6 Å². The molecule has 3 rings (SSSR count). The summed E-state index contributed by atoms with van der Waals surface area (Å²) in [6.45, 7) is 2.66. The van der Waals surface area contributed by atoms with Crippen molar-refractivity contribution in [2.45, 2.75) is 25.9 Å². The lowest BCUT2D eigenvalue weighted by Gasteiger charge is -2.17. The van der Waals surface area contributed by atoms with Gasteiger partial charge in [0, 0.05) is 18.2 Å². The van der Waals surface area contributed by atoms with E-state index in [1.165, 1.54) is 12.8 Å². The van der Waals surface area contributed by atoms with Gasteiger partial charge in [0.2, 0.25) is 0 Å². The molecule has 110 valence electrons. The molecule has 5 heteroatoms. The molecule has 3 N–H and O–H groups in total. The second kappa shape index (κ2) is 6.20. The fraction of sp³-hybridized carbons (Fsp3) is 0.375. The topological polar surface area (TPSA) is 73.1 Å². The van der Waals surface area contributed by atoms with Crippen LogP contribution in [0.15, 0.2) is 36.4 Å². The monoisotopic (exact) mass is 284 g/mol. The number of nitrogens with one attached hydrogen (secondary N) is 1. The Bertz CT molecular complexity index is 598. The first-order valence-corrected chi connectivity index (χ1v) is 7.34. The molecule has 5 nitrogen and oxygen atoms in total. The lowest BCUT2D eigenvalue weighted by Crippen LogP contribution is -2.15. The number of nitrogens with two attached hydrogens (primary N) is 1. The minimum absolute atomic E-state index is 0.0363. The van der Waals surface area contributed by atoms with Crippen LogP contribution in [0.25, 0.3) is 11.3 Å². The highest BCUT2D eigenvalue weighted by Crippen LogP contribution is 2.42. The lowest BCUT2D eigenvalue weighted by molar-refractivity contribution is 0.0402. The van der Waals surface area contributed by atoms with Crippen LogP contribution in [0.1, 0.15) is 31.7 Å². The quantitative estimate of drug-likeness (QED) is 0.630. The molecule has 2 aromatic rings. The average molecular weight is 284 g/mol. The molecule has 1 aromatic carbocycles. The molecule has 0 amide bonds. The number of hydrazine groups is 1. The Labute approximate surface area is 124 Å². The number of hydrogen-bond donors (Lipinski definition) is 2. The Balaban J connectivity index is 2.00. The van der Waals surface area contributed by atoms with Gasteiger partial charge in [0.15, 0.2) is 5.82 Å². The normalized spacial score (nSPS) is 15.7. The summed E-state index contributed by atoms with van der Waals surface area (Å²) in [7, 11) is 0. The second-order valence-electron chi connectivity index (χ2n) is 5.22. The van der Waals surface area contributed by atoms with E-state index in [2.05, 4.69) is 10.4 Å². The SMILES string of the molecule is CCOC(c1nc(NN)cc(-c2ccccc2)n1)C1CC1. The van der Waals surface area contributed by atoms with Crippen LogP contribution in [0, 0.1) is 5.92 Å². The van der Waals surface area contributed by atoms with E-state index >= 15 is 0 Å². The minimum atomic E-state index is -0.0363. The number of hydrogen-bond acceptors (Lipinski definition) is 5. The van der Waals surface area contributed by atoms with Crippen molar-refractivity contribution in [1.29, 1.82) is 0 Å². The van der Waals surface area contributed by atoms with E-state index in [0.29, 0.717) is 24.2 Å². The van der Waals surface area contributed by atoms with Crippen LogP contribution < -0.4 is 11.3 Å². The molecule has 0 radical (unpaired) electrons. The Hall–Kier alpha value is -1.98. The zero-order chi connectivity index (χ0) is 14.7. The summed E-state index contributed by atoms with van der Waals surface area (Å²) in [5.74, 6) is 7.41. The van der Waals surface area contributed by atoms with Crippen LogP contribution in [0.4, 0.5) is 5.82 Å². The lowest BCUT2D eigenvalue weighted by atomic mass is 10.1. The van der Waals surface area contributed by atoms with E-state index in [9.17, 15) is 0 Å². The summed E-state index contributed by atoms with van der Waals surface area (Å²) in [6.07, 6.45) is 2.31. The number of benzene rings is 1. The summed E-state index contributed by atoms with van der Waals surface area (Å²) >= 11 is 0.